The molecule has 1 aromatic carbocycles. The van der Waals surface area contributed by atoms with Crippen LogP contribution in [0.3, 0.4) is 0 Å². The van der Waals surface area contributed by atoms with Gasteiger partial charge in [0.25, 0.3) is 0 Å². The molecule has 2 heterocycles. The molecule has 3 rings (SSSR count). The Morgan fingerprint density at radius 3 is 2.09 bits per heavy atom. The van der Waals surface area contributed by atoms with Crippen molar-refractivity contribution in [3.05, 3.63) is 35.4 Å². The van der Waals surface area contributed by atoms with Gasteiger partial charge in [-0.05, 0) is 44.6 Å². The standard InChI is InChI=1S/C26H38N2O4/c1-18(2)15-21-5-7-22(8-6-21)24(29)9-10-25(30)27-13-11-23(12-14-27)26(31)28-16-19(3)32-20(4)17-28/h5-8,18-20,23H,9-17H2,1-4H3. The van der Waals surface area contributed by atoms with Crippen molar-refractivity contribution in [2.24, 2.45) is 11.8 Å². The Bertz CT molecular complexity index is 787. The smallest absolute Gasteiger partial charge is 0.225 e. The fourth-order valence-electron chi connectivity index (χ4n) is 4.81. The van der Waals surface area contributed by atoms with Crippen LogP contribution in [-0.2, 0) is 20.7 Å². The molecule has 0 radical (unpaired) electrons. The zero-order chi connectivity index (χ0) is 23.3. The molecule has 2 aliphatic heterocycles. The third-order valence-corrected chi connectivity index (χ3v) is 6.41. The number of benzene rings is 1. The minimum Gasteiger partial charge on any atom is -0.372 e. The Morgan fingerprint density at radius 2 is 1.53 bits per heavy atom. The summed E-state index contributed by atoms with van der Waals surface area (Å²) in [7, 11) is 0. The van der Waals surface area contributed by atoms with Crippen molar-refractivity contribution in [2.75, 3.05) is 26.2 Å². The van der Waals surface area contributed by atoms with Crippen LogP contribution in [0, 0.1) is 11.8 Å². The summed E-state index contributed by atoms with van der Waals surface area (Å²) in [6.07, 6.45) is 2.96. The van der Waals surface area contributed by atoms with Crippen molar-refractivity contribution >= 4 is 17.6 Å². The first kappa shape index (κ1) is 24.4. The van der Waals surface area contributed by atoms with Gasteiger partial charge in [0.05, 0.1) is 12.2 Å². The molecule has 6 heteroatoms. The Balaban J connectivity index is 1.42. The van der Waals surface area contributed by atoms with E-state index in [2.05, 4.69) is 13.8 Å². The van der Waals surface area contributed by atoms with Gasteiger partial charge in [0.15, 0.2) is 5.78 Å². The average molecular weight is 443 g/mol. The van der Waals surface area contributed by atoms with E-state index in [0.29, 0.717) is 50.5 Å². The highest BCUT2D eigenvalue weighted by molar-refractivity contribution is 5.98. The number of carbonyl (C=O) groups is 3. The van der Waals surface area contributed by atoms with Crippen LogP contribution in [0.1, 0.15) is 69.3 Å². The van der Waals surface area contributed by atoms with E-state index in [1.54, 1.807) is 0 Å². The van der Waals surface area contributed by atoms with Crippen molar-refractivity contribution < 1.29 is 19.1 Å². The monoisotopic (exact) mass is 442 g/mol. The van der Waals surface area contributed by atoms with E-state index < -0.39 is 0 Å². The third kappa shape index (κ3) is 6.64. The van der Waals surface area contributed by atoms with E-state index in [1.165, 1.54) is 5.56 Å². The van der Waals surface area contributed by atoms with Crippen LogP contribution in [0.2, 0.25) is 0 Å². The van der Waals surface area contributed by atoms with E-state index >= 15 is 0 Å². The molecular formula is C26H38N2O4. The van der Waals surface area contributed by atoms with Crippen LogP contribution >= 0.6 is 0 Å². The highest BCUT2D eigenvalue weighted by Gasteiger charge is 2.33. The van der Waals surface area contributed by atoms with Crippen LogP contribution in [0.4, 0.5) is 0 Å². The summed E-state index contributed by atoms with van der Waals surface area (Å²) in [5.41, 5.74) is 1.90. The number of amides is 2. The van der Waals surface area contributed by atoms with E-state index in [9.17, 15) is 14.4 Å². The summed E-state index contributed by atoms with van der Waals surface area (Å²) in [6, 6.07) is 7.75. The lowest BCUT2D eigenvalue weighted by molar-refractivity contribution is -0.150. The number of ether oxygens (including phenoxy) is 1. The number of hydrogen-bond donors (Lipinski definition) is 0. The molecule has 0 aliphatic carbocycles. The second kappa shape index (κ2) is 11.1. The number of morpholine rings is 1. The molecular weight excluding hydrogens is 404 g/mol. The van der Waals surface area contributed by atoms with E-state index in [-0.39, 0.29) is 48.6 Å². The summed E-state index contributed by atoms with van der Waals surface area (Å²) in [5, 5.41) is 0. The number of ketones is 1. The molecule has 6 nitrogen and oxygen atoms in total. The third-order valence-electron chi connectivity index (χ3n) is 6.41. The van der Waals surface area contributed by atoms with Crippen molar-refractivity contribution in [3.8, 4) is 0 Å². The number of Topliss-reactive ketones (excluding diaryl/α,β-unsaturated/α-hetero) is 1. The molecule has 2 unspecified atom stereocenters. The van der Waals surface area contributed by atoms with Gasteiger partial charge in [0.2, 0.25) is 11.8 Å². The molecule has 0 N–H and O–H groups in total. The fourth-order valence-corrected chi connectivity index (χ4v) is 4.81. The SMILES string of the molecule is CC(C)Cc1ccc(C(=O)CCC(=O)N2CCC(C(=O)N3CC(C)OC(C)C3)CC2)cc1. The van der Waals surface area contributed by atoms with Gasteiger partial charge in [0.1, 0.15) is 0 Å². The maximum atomic E-state index is 12.9. The van der Waals surface area contributed by atoms with E-state index in [0.717, 1.165) is 6.42 Å². The summed E-state index contributed by atoms with van der Waals surface area (Å²) >= 11 is 0. The second-order valence-corrected chi connectivity index (χ2v) is 9.87. The van der Waals surface area contributed by atoms with Crippen LogP contribution in [0.15, 0.2) is 24.3 Å². The molecule has 2 atom stereocenters. The molecule has 2 saturated heterocycles. The van der Waals surface area contributed by atoms with Gasteiger partial charge in [-0.2, -0.15) is 0 Å². The zero-order valence-electron chi connectivity index (χ0n) is 20.0. The van der Waals surface area contributed by atoms with Crippen LogP contribution < -0.4 is 0 Å². The van der Waals surface area contributed by atoms with Crippen LogP contribution in [0.5, 0.6) is 0 Å². The lowest BCUT2D eigenvalue weighted by Gasteiger charge is -2.39. The Kier molecular flexibility index (Phi) is 8.46. The lowest BCUT2D eigenvalue weighted by atomic mass is 9.94. The van der Waals surface area contributed by atoms with Gasteiger partial charge < -0.3 is 14.5 Å². The molecule has 0 aromatic heterocycles. The first-order valence-corrected chi connectivity index (χ1v) is 12.1. The van der Waals surface area contributed by atoms with E-state index in [4.69, 9.17) is 4.74 Å². The fraction of sp³-hybridized carbons (Fsp3) is 0.654. The molecule has 0 bridgehead atoms. The maximum absolute atomic E-state index is 12.9. The molecule has 2 fully saturated rings. The van der Waals surface area contributed by atoms with Gasteiger partial charge in [-0.3, -0.25) is 14.4 Å². The summed E-state index contributed by atoms with van der Waals surface area (Å²) in [5.74, 6) is 0.761. The number of rotatable bonds is 7. The molecule has 0 saturated carbocycles. The Hall–Kier alpha value is -2.21. The van der Waals surface area contributed by atoms with Gasteiger partial charge in [-0.1, -0.05) is 38.1 Å². The number of carbonyl (C=O) groups excluding carboxylic acids is 3. The molecule has 2 amide bonds. The second-order valence-electron chi connectivity index (χ2n) is 9.87. The normalized spacial score (nSPS) is 22.3. The molecule has 176 valence electrons. The maximum Gasteiger partial charge on any atom is 0.225 e. The number of hydrogen-bond acceptors (Lipinski definition) is 4. The van der Waals surface area contributed by atoms with Crippen molar-refractivity contribution in [2.45, 2.75) is 72.0 Å². The van der Waals surface area contributed by atoms with Gasteiger partial charge in [-0.25, -0.2) is 0 Å². The Labute approximate surface area is 192 Å². The summed E-state index contributed by atoms with van der Waals surface area (Å²) < 4.78 is 5.73. The predicted octanol–water partition coefficient (Wildman–Crippen LogP) is 3.72. The van der Waals surface area contributed by atoms with Crippen LogP contribution in [0.25, 0.3) is 0 Å². The highest BCUT2D eigenvalue weighted by atomic mass is 16.5. The molecule has 32 heavy (non-hydrogen) atoms. The highest BCUT2D eigenvalue weighted by Crippen LogP contribution is 2.23. The molecule has 1 aromatic rings. The first-order chi connectivity index (χ1) is 15.2. The van der Waals surface area contributed by atoms with Gasteiger partial charge in [-0.15, -0.1) is 0 Å². The van der Waals surface area contributed by atoms with Crippen molar-refractivity contribution in [1.29, 1.82) is 0 Å². The minimum absolute atomic E-state index is 0.00861. The summed E-state index contributed by atoms with van der Waals surface area (Å²) in [4.78, 5) is 41.8. The van der Waals surface area contributed by atoms with Gasteiger partial charge >= 0.3 is 0 Å². The lowest BCUT2D eigenvalue weighted by Crippen LogP contribution is -2.51. The van der Waals surface area contributed by atoms with E-state index in [1.807, 2.05) is 47.9 Å². The Morgan fingerprint density at radius 1 is 0.938 bits per heavy atom. The van der Waals surface area contributed by atoms with Crippen molar-refractivity contribution in [3.63, 3.8) is 0 Å². The number of piperidine rings is 1. The molecule has 2 aliphatic rings. The largest absolute Gasteiger partial charge is 0.372 e. The topological polar surface area (TPSA) is 66.9 Å². The van der Waals surface area contributed by atoms with Crippen LogP contribution in [-0.4, -0.2) is 65.8 Å². The average Bonchev–Trinajstić information content (AvgIpc) is 2.76. The quantitative estimate of drug-likeness (QED) is 0.604. The van der Waals surface area contributed by atoms with Crippen molar-refractivity contribution in [1.82, 2.24) is 9.80 Å². The number of likely N-dealkylation sites (tertiary alicyclic amines) is 1. The van der Waals surface area contributed by atoms with Gasteiger partial charge in [0, 0.05) is 50.5 Å². The first-order valence-electron chi connectivity index (χ1n) is 12.1. The summed E-state index contributed by atoms with van der Waals surface area (Å²) in [6.45, 7) is 10.8. The predicted molar refractivity (Wildman–Crippen MR) is 124 cm³/mol. The molecule has 0 spiro atoms. The minimum atomic E-state index is -0.0254. The zero-order valence-corrected chi connectivity index (χ0v) is 20.0. The number of nitrogens with zero attached hydrogens (tertiary/aromatic N) is 2.